The fourth-order valence-corrected chi connectivity index (χ4v) is 1.47. The van der Waals surface area contributed by atoms with Crippen LogP contribution in [0.3, 0.4) is 0 Å². The van der Waals surface area contributed by atoms with E-state index in [2.05, 4.69) is 5.32 Å². The Bertz CT molecular complexity index is 380. The number of hydrogen-bond acceptors (Lipinski definition) is 3. The molecule has 5 heteroatoms. The van der Waals surface area contributed by atoms with E-state index in [4.69, 9.17) is 10.5 Å². The van der Waals surface area contributed by atoms with Crippen molar-refractivity contribution in [3.8, 4) is 5.75 Å². The largest absolute Gasteiger partial charge is 0.495 e. The first-order chi connectivity index (χ1) is 8.04. The molecular formula is C12H19N3O2. The molecule has 94 valence electrons. The molecule has 0 bridgehead atoms. The molecule has 17 heavy (non-hydrogen) atoms. The van der Waals surface area contributed by atoms with Gasteiger partial charge in [0.25, 0.3) is 0 Å². The van der Waals surface area contributed by atoms with Crippen molar-refractivity contribution < 1.29 is 9.53 Å². The first-order valence-electron chi connectivity index (χ1n) is 5.45. The highest BCUT2D eigenvalue weighted by Gasteiger charge is 2.12. The molecular weight excluding hydrogens is 218 g/mol. The summed E-state index contributed by atoms with van der Waals surface area (Å²) < 4.78 is 5.15. The fraction of sp³-hybridized carbons (Fsp3) is 0.417. The van der Waals surface area contributed by atoms with Crippen LogP contribution >= 0.6 is 0 Å². The van der Waals surface area contributed by atoms with Crippen molar-refractivity contribution in [2.75, 3.05) is 26.0 Å². The minimum atomic E-state index is -0.202. The van der Waals surface area contributed by atoms with Crippen LogP contribution in [-0.4, -0.2) is 37.7 Å². The summed E-state index contributed by atoms with van der Waals surface area (Å²) in [7, 11) is 3.27. The van der Waals surface area contributed by atoms with Gasteiger partial charge in [0.05, 0.1) is 12.8 Å². The van der Waals surface area contributed by atoms with Crippen LogP contribution in [0.25, 0.3) is 0 Å². The van der Waals surface area contributed by atoms with Gasteiger partial charge in [-0.05, 0) is 19.1 Å². The van der Waals surface area contributed by atoms with Crippen LogP contribution in [0.2, 0.25) is 0 Å². The number of hydrogen-bond donors (Lipinski definition) is 2. The van der Waals surface area contributed by atoms with E-state index in [9.17, 15) is 4.79 Å². The van der Waals surface area contributed by atoms with Crippen molar-refractivity contribution in [2.45, 2.75) is 13.0 Å². The van der Waals surface area contributed by atoms with Gasteiger partial charge in [-0.25, -0.2) is 4.79 Å². The van der Waals surface area contributed by atoms with Gasteiger partial charge in [0.15, 0.2) is 0 Å². The number of benzene rings is 1. The zero-order chi connectivity index (χ0) is 12.8. The van der Waals surface area contributed by atoms with Crippen LogP contribution in [0.5, 0.6) is 5.75 Å². The van der Waals surface area contributed by atoms with Gasteiger partial charge in [-0.15, -0.1) is 0 Å². The van der Waals surface area contributed by atoms with Gasteiger partial charge < -0.3 is 20.7 Å². The van der Waals surface area contributed by atoms with E-state index in [0.717, 1.165) is 0 Å². The van der Waals surface area contributed by atoms with Gasteiger partial charge in [0.1, 0.15) is 5.75 Å². The smallest absolute Gasteiger partial charge is 0.321 e. The van der Waals surface area contributed by atoms with Gasteiger partial charge in [-0.1, -0.05) is 12.1 Å². The molecule has 1 rings (SSSR count). The topological polar surface area (TPSA) is 67.6 Å². The highest BCUT2D eigenvalue weighted by atomic mass is 16.5. The van der Waals surface area contributed by atoms with Gasteiger partial charge >= 0.3 is 6.03 Å². The molecule has 0 heterocycles. The summed E-state index contributed by atoms with van der Waals surface area (Å²) in [6, 6.07) is 7.01. The van der Waals surface area contributed by atoms with Gasteiger partial charge in [0, 0.05) is 19.6 Å². The van der Waals surface area contributed by atoms with E-state index in [0.29, 0.717) is 18.0 Å². The molecule has 0 aliphatic rings. The molecule has 3 N–H and O–H groups in total. The average Bonchev–Trinajstić information content (AvgIpc) is 2.28. The number of carbonyl (C=O) groups is 1. The summed E-state index contributed by atoms with van der Waals surface area (Å²) in [5, 5.41) is 2.77. The Morgan fingerprint density at radius 2 is 2.18 bits per heavy atom. The number of likely N-dealkylation sites (N-methyl/N-ethyl adjacent to an activating group) is 1. The molecule has 0 aliphatic carbocycles. The number of nitrogens with two attached hydrogens (primary N) is 1. The maximum absolute atomic E-state index is 11.8. The van der Waals surface area contributed by atoms with Gasteiger partial charge in [-0.3, -0.25) is 0 Å². The summed E-state index contributed by atoms with van der Waals surface area (Å²) in [6.45, 7) is 2.36. The molecule has 1 aromatic carbocycles. The Kier molecular flexibility index (Phi) is 4.78. The molecule has 0 fully saturated rings. The molecule has 1 unspecified atom stereocenters. The maximum atomic E-state index is 11.8. The SMILES string of the molecule is COc1ccccc1NC(=O)N(C)CC(C)N. The first-order valence-corrected chi connectivity index (χ1v) is 5.45. The van der Waals surface area contributed by atoms with Crippen molar-refractivity contribution in [1.82, 2.24) is 4.90 Å². The summed E-state index contributed by atoms with van der Waals surface area (Å²) in [5.41, 5.74) is 6.28. The number of amides is 2. The summed E-state index contributed by atoms with van der Waals surface area (Å²) >= 11 is 0. The maximum Gasteiger partial charge on any atom is 0.321 e. The first kappa shape index (κ1) is 13.3. The van der Waals surface area contributed by atoms with Crippen LogP contribution in [-0.2, 0) is 0 Å². The number of rotatable bonds is 4. The predicted octanol–water partition coefficient (Wildman–Crippen LogP) is 1.51. The summed E-state index contributed by atoms with van der Waals surface area (Å²) in [5.74, 6) is 0.634. The number of nitrogens with zero attached hydrogens (tertiary/aromatic N) is 1. The number of methoxy groups -OCH3 is 1. The Hall–Kier alpha value is -1.75. The zero-order valence-electron chi connectivity index (χ0n) is 10.4. The normalized spacial score (nSPS) is 11.8. The molecule has 1 aromatic rings. The zero-order valence-corrected chi connectivity index (χ0v) is 10.4. The Labute approximate surface area is 102 Å². The van der Waals surface area contributed by atoms with E-state index < -0.39 is 0 Å². The lowest BCUT2D eigenvalue weighted by atomic mass is 10.3. The molecule has 2 amide bonds. The second kappa shape index (κ2) is 6.10. The average molecular weight is 237 g/mol. The third-order valence-corrected chi connectivity index (χ3v) is 2.26. The lowest BCUT2D eigenvalue weighted by molar-refractivity contribution is 0.220. The molecule has 1 atom stereocenters. The Morgan fingerprint density at radius 3 is 2.76 bits per heavy atom. The van der Waals surface area contributed by atoms with Crippen LogP contribution in [0.15, 0.2) is 24.3 Å². The molecule has 0 aromatic heterocycles. The van der Waals surface area contributed by atoms with E-state index in [-0.39, 0.29) is 12.1 Å². The van der Waals surface area contributed by atoms with Crippen LogP contribution < -0.4 is 15.8 Å². The van der Waals surface area contributed by atoms with Gasteiger partial charge in [0.2, 0.25) is 0 Å². The molecule has 0 radical (unpaired) electrons. The second-order valence-corrected chi connectivity index (χ2v) is 3.99. The number of urea groups is 1. The molecule has 0 spiro atoms. The minimum absolute atomic E-state index is 0.0524. The van der Waals surface area contributed by atoms with Crippen LogP contribution in [0.4, 0.5) is 10.5 Å². The Balaban J connectivity index is 2.67. The van der Waals surface area contributed by atoms with E-state index >= 15 is 0 Å². The van der Waals surface area contributed by atoms with Crippen molar-refractivity contribution >= 4 is 11.7 Å². The minimum Gasteiger partial charge on any atom is -0.495 e. The van der Waals surface area contributed by atoms with Crippen LogP contribution in [0, 0.1) is 0 Å². The third kappa shape index (κ3) is 3.96. The molecule has 0 saturated carbocycles. The third-order valence-electron chi connectivity index (χ3n) is 2.26. The van der Waals surface area contributed by atoms with Crippen molar-refractivity contribution in [3.63, 3.8) is 0 Å². The second-order valence-electron chi connectivity index (χ2n) is 3.99. The lowest BCUT2D eigenvalue weighted by Crippen LogP contribution is -2.39. The van der Waals surface area contributed by atoms with E-state index in [1.54, 1.807) is 26.3 Å². The quantitative estimate of drug-likeness (QED) is 0.834. The van der Waals surface area contributed by atoms with Crippen molar-refractivity contribution in [1.29, 1.82) is 0 Å². The molecule has 0 aliphatic heterocycles. The van der Waals surface area contributed by atoms with Gasteiger partial charge in [-0.2, -0.15) is 0 Å². The highest BCUT2D eigenvalue weighted by Crippen LogP contribution is 2.23. The number of para-hydroxylation sites is 2. The highest BCUT2D eigenvalue weighted by molar-refractivity contribution is 5.90. The lowest BCUT2D eigenvalue weighted by Gasteiger charge is -2.20. The predicted molar refractivity (Wildman–Crippen MR) is 68.3 cm³/mol. The Morgan fingerprint density at radius 1 is 1.53 bits per heavy atom. The standard InChI is InChI=1S/C12H19N3O2/c1-9(13)8-15(2)12(16)14-10-6-4-5-7-11(10)17-3/h4-7,9H,8,13H2,1-3H3,(H,14,16). The monoisotopic (exact) mass is 237 g/mol. The van der Waals surface area contributed by atoms with E-state index in [1.807, 2.05) is 19.1 Å². The number of ether oxygens (including phenoxy) is 1. The van der Waals surface area contributed by atoms with Crippen molar-refractivity contribution in [2.24, 2.45) is 5.73 Å². The van der Waals surface area contributed by atoms with Crippen LogP contribution in [0.1, 0.15) is 6.92 Å². The van der Waals surface area contributed by atoms with E-state index in [1.165, 1.54) is 4.90 Å². The summed E-state index contributed by atoms with van der Waals surface area (Å²) in [4.78, 5) is 13.4. The van der Waals surface area contributed by atoms with Crippen molar-refractivity contribution in [3.05, 3.63) is 24.3 Å². The summed E-state index contributed by atoms with van der Waals surface area (Å²) in [6.07, 6.45) is 0. The fourth-order valence-electron chi connectivity index (χ4n) is 1.47. The molecule has 0 saturated heterocycles. The number of nitrogens with one attached hydrogen (secondary N) is 1. The number of anilines is 1. The number of carbonyl (C=O) groups excluding carboxylic acids is 1. The molecule has 5 nitrogen and oxygen atoms in total.